The Morgan fingerprint density at radius 2 is 1.86 bits per heavy atom. The number of carbonyl (C=O) groups is 2. The second kappa shape index (κ2) is 7.36. The Labute approximate surface area is 119 Å². The van der Waals surface area contributed by atoms with E-state index in [-0.39, 0.29) is 6.54 Å². The molecule has 118 valence electrons. The number of carboxylic acids is 2. The molecule has 0 atom stereocenters. The van der Waals surface area contributed by atoms with E-state index in [0.29, 0.717) is 15.2 Å². The van der Waals surface area contributed by atoms with Crippen LogP contribution in [0.3, 0.4) is 0 Å². The van der Waals surface area contributed by atoms with Gasteiger partial charge >= 0.3 is 11.7 Å². The van der Waals surface area contributed by atoms with Crippen LogP contribution >= 0.6 is 0 Å². The molecule has 0 radical (unpaired) electrons. The molecule has 0 unspecified atom stereocenters. The number of aromatic carboxylic acids is 1. The van der Waals surface area contributed by atoms with E-state index in [2.05, 4.69) is 0 Å². The number of rotatable bonds is 4. The number of quaternary nitrogens is 1. The normalized spacial score (nSPS) is 10.5. The molecule has 10 nitrogen and oxygen atoms in total. The van der Waals surface area contributed by atoms with Gasteiger partial charge in [0, 0.05) is 12.6 Å². The summed E-state index contributed by atoms with van der Waals surface area (Å²) < 4.78 is 1.13. The van der Waals surface area contributed by atoms with Gasteiger partial charge in [0.1, 0.15) is 0 Å². The molecule has 21 heavy (non-hydrogen) atoms. The van der Waals surface area contributed by atoms with E-state index < -0.39 is 35.3 Å². The largest absolute Gasteiger partial charge is 0.543 e. The zero-order chi connectivity index (χ0) is 16.8. The lowest BCUT2D eigenvalue weighted by Crippen LogP contribution is -2.41. The predicted octanol–water partition coefficient (Wildman–Crippen LogP) is -3.06. The Hall–Kier alpha value is -2.46. The van der Waals surface area contributed by atoms with E-state index >= 15 is 0 Å². The summed E-state index contributed by atoms with van der Waals surface area (Å²) in [6, 6.07) is 0.665. The number of hydrogen-bond donors (Lipinski definition) is 3. The van der Waals surface area contributed by atoms with Gasteiger partial charge in [-0.3, -0.25) is 23.7 Å². The lowest BCUT2D eigenvalue weighted by molar-refractivity contribution is -0.882. The molecule has 0 aliphatic carbocycles. The molecule has 4 N–H and O–H groups in total. The number of aliphatic carboxylic acids is 1. The maximum Gasteiger partial charge on any atom is 0.328 e. The van der Waals surface area contributed by atoms with Crippen LogP contribution in [0.15, 0.2) is 15.7 Å². The third-order valence-electron chi connectivity index (χ3n) is 1.79. The van der Waals surface area contributed by atoms with Crippen molar-refractivity contribution < 1.29 is 24.4 Å². The zero-order valence-corrected chi connectivity index (χ0v) is 12.0. The number of nitrogens with one attached hydrogen (secondary N) is 1. The highest BCUT2D eigenvalue weighted by molar-refractivity contribution is 5.83. The van der Waals surface area contributed by atoms with Crippen LogP contribution in [-0.4, -0.2) is 52.3 Å². The Bertz CT molecular complexity index is 619. The van der Waals surface area contributed by atoms with Crippen LogP contribution in [0, 0.1) is 0 Å². The van der Waals surface area contributed by atoms with E-state index in [0.717, 1.165) is 0 Å². The quantitative estimate of drug-likeness (QED) is 0.302. The van der Waals surface area contributed by atoms with Crippen molar-refractivity contribution in [1.82, 2.24) is 9.55 Å². The van der Waals surface area contributed by atoms with E-state index in [9.17, 15) is 24.3 Å². The Morgan fingerprint density at radius 1 is 1.38 bits per heavy atom. The maximum absolute atomic E-state index is 11.2. The van der Waals surface area contributed by atoms with Crippen molar-refractivity contribution in [2.75, 3.05) is 21.1 Å². The van der Waals surface area contributed by atoms with Crippen LogP contribution < -0.4 is 22.2 Å². The fourth-order valence-corrected chi connectivity index (χ4v) is 1.12. The minimum atomic E-state index is -1.71. The fraction of sp³-hybridized carbons (Fsp3) is 0.455. The third kappa shape index (κ3) is 8.34. The van der Waals surface area contributed by atoms with Crippen LogP contribution in [0.1, 0.15) is 16.9 Å². The van der Waals surface area contributed by atoms with Gasteiger partial charge in [-0.2, -0.15) is 5.84 Å². The molecule has 0 spiro atoms. The molecule has 1 rings (SSSR count). The second-order valence-electron chi connectivity index (χ2n) is 5.02. The average molecular weight is 302 g/mol. The van der Waals surface area contributed by atoms with Crippen LogP contribution in [0.25, 0.3) is 0 Å². The van der Waals surface area contributed by atoms with Crippen molar-refractivity contribution in [2.45, 2.75) is 13.0 Å². The van der Waals surface area contributed by atoms with Gasteiger partial charge in [-0.15, -0.1) is 0 Å². The summed E-state index contributed by atoms with van der Waals surface area (Å²) >= 11 is 0. The summed E-state index contributed by atoms with van der Waals surface area (Å²) in [6.07, 6.45) is -0.438. The summed E-state index contributed by atoms with van der Waals surface area (Å²) in [5, 5.41) is 19.0. The number of aromatic nitrogens is 2. The van der Waals surface area contributed by atoms with Gasteiger partial charge in [-0.1, -0.05) is 0 Å². The number of carboxylic acid groups (broad SMARTS) is 2. The zero-order valence-electron chi connectivity index (χ0n) is 12.0. The van der Waals surface area contributed by atoms with Crippen LogP contribution in [0.4, 0.5) is 0 Å². The third-order valence-corrected chi connectivity index (χ3v) is 1.79. The van der Waals surface area contributed by atoms with E-state index in [1.54, 1.807) is 0 Å². The highest BCUT2D eigenvalue weighted by Crippen LogP contribution is 1.93. The fourth-order valence-electron chi connectivity index (χ4n) is 1.12. The van der Waals surface area contributed by atoms with Gasteiger partial charge < -0.3 is 15.0 Å². The first-order valence-electron chi connectivity index (χ1n) is 5.79. The molecule has 1 heterocycles. The Balaban J connectivity index is 0.000000690. The lowest BCUT2D eigenvalue weighted by Gasteiger charge is -2.12. The molecule has 0 aliphatic rings. The number of aromatic amines is 1. The summed E-state index contributed by atoms with van der Waals surface area (Å²) in [5.41, 5.74) is -2.50. The van der Waals surface area contributed by atoms with Crippen LogP contribution in [-0.2, 0) is 11.3 Å². The van der Waals surface area contributed by atoms with E-state index in [1.165, 1.54) is 0 Å². The van der Waals surface area contributed by atoms with Gasteiger partial charge in [-0.05, 0) is 0 Å². The minimum Gasteiger partial charge on any atom is -0.543 e. The molecule has 0 bridgehead atoms. The minimum absolute atomic E-state index is 0.353. The highest BCUT2D eigenvalue weighted by Gasteiger charge is 2.08. The number of carbonyl (C=O) groups excluding carboxylic acids is 1. The van der Waals surface area contributed by atoms with Crippen molar-refractivity contribution in [3.63, 3.8) is 0 Å². The van der Waals surface area contributed by atoms with Crippen molar-refractivity contribution in [3.05, 3.63) is 32.6 Å². The summed E-state index contributed by atoms with van der Waals surface area (Å²) in [7, 11) is 5.71. The Kier molecular flexibility index (Phi) is 6.49. The monoisotopic (exact) mass is 302 g/mol. The predicted molar refractivity (Wildman–Crippen MR) is 70.1 cm³/mol. The van der Waals surface area contributed by atoms with E-state index in [1.807, 2.05) is 26.1 Å². The molecule has 0 aromatic carbocycles. The van der Waals surface area contributed by atoms with Crippen molar-refractivity contribution in [3.8, 4) is 0 Å². The molecule has 0 fully saturated rings. The number of nitrogens with two attached hydrogens (primary N) is 1. The van der Waals surface area contributed by atoms with Crippen LogP contribution in [0.5, 0.6) is 0 Å². The number of hydrogen-bond acceptors (Lipinski definition) is 6. The molecular formula is C11H18N4O6. The topological polar surface area (TPSA) is 158 Å². The number of nitrogens with zero attached hydrogens (tertiary/aromatic N) is 2. The molecule has 1 aromatic heterocycles. The van der Waals surface area contributed by atoms with Crippen molar-refractivity contribution >= 4 is 11.9 Å². The van der Waals surface area contributed by atoms with E-state index in [4.69, 9.17) is 10.9 Å². The van der Waals surface area contributed by atoms with Crippen LogP contribution in [0.2, 0.25) is 0 Å². The molecule has 10 heteroatoms. The average Bonchev–Trinajstić information content (AvgIpc) is 2.23. The number of H-pyrrole nitrogens is 1. The summed E-state index contributed by atoms with van der Waals surface area (Å²) in [5.74, 6) is 2.39. The first-order valence-corrected chi connectivity index (χ1v) is 5.79. The Morgan fingerprint density at radius 3 is 2.24 bits per heavy atom. The van der Waals surface area contributed by atoms with Gasteiger partial charge in [0.15, 0.2) is 0 Å². The SMILES string of the molecule is C[N+](C)(C)N.O=C(O)CCn1c(C(=O)[O-])cc(=O)[nH]c1=O. The smallest absolute Gasteiger partial charge is 0.328 e. The summed E-state index contributed by atoms with van der Waals surface area (Å²) in [4.78, 5) is 44.7. The lowest BCUT2D eigenvalue weighted by atomic mass is 10.3. The molecule has 0 amide bonds. The van der Waals surface area contributed by atoms with Crippen molar-refractivity contribution in [2.24, 2.45) is 5.84 Å². The molecule has 1 aromatic rings. The molecular weight excluding hydrogens is 284 g/mol. The molecule has 0 saturated heterocycles. The molecule has 0 saturated carbocycles. The van der Waals surface area contributed by atoms with Gasteiger partial charge in [0.05, 0.1) is 39.2 Å². The van der Waals surface area contributed by atoms with Crippen molar-refractivity contribution in [1.29, 1.82) is 0 Å². The van der Waals surface area contributed by atoms with Gasteiger partial charge in [0.2, 0.25) is 0 Å². The first-order chi connectivity index (χ1) is 9.41. The van der Waals surface area contributed by atoms with Gasteiger partial charge in [-0.25, -0.2) is 4.79 Å². The highest BCUT2D eigenvalue weighted by atomic mass is 16.4. The second-order valence-corrected chi connectivity index (χ2v) is 5.02. The summed E-state index contributed by atoms with van der Waals surface area (Å²) in [6.45, 7) is -0.353. The maximum atomic E-state index is 11.2. The molecule has 0 aliphatic heterocycles. The first kappa shape index (κ1) is 18.5. The van der Waals surface area contributed by atoms with Gasteiger partial charge in [0.25, 0.3) is 5.56 Å². The standard InChI is InChI=1S/C8H8N2O6.C3H11N2/c11-5-3-4(7(14)15)10(8(16)9-5)2-1-6(12)13;1-5(2,3)4/h3H,1-2H2,(H,12,13)(H,14,15)(H,9,11,16);4H2,1-3H3/q;+1/p-1.